The van der Waals surface area contributed by atoms with Gasteiger partial charge in [0.2, 0.25) is 5.91 Å². The molecule has 2 amide bonds. The van der Waals surface area contributed by atoms with Crippen LogP contribution in [0.2, 0.25) is 5.02 Å². The van der Waals surface area contributed by atoms with Crippen molar-refractivity contribution in [3.05, 3.63) is 94.8 Å². The van der Waals surface area contributed by atoms with E-state index >= 15 is 0 Å². The molecular formula is C30H34Cl2N4O4. The van der Waals surface area contributed by atoms with E-state index in [1.807, 2.05) is 59.2 Å². The van der Waals surface area contributed by atoms with Crippen LogP contribution >= 0.6 is 11.6 Å². The van der Waals surface area contributed by atoms with Crippen LogP contribution in [0.25, 0.3) is 0 Å². The first kappa shape index (κ1) is 31.1. The normalized spacial score (nSPS) is 13.9. The molecule has 1 aromatic heterocycles. The van der Waals surface area contributed by atoms with Gasteiger partial charge in [-0.1, -0.05) is 61.0 Å². The number of pyridine rings is 1. The van der Waals surface area contributed by atoms with E-state index in [1.165, 1.54) is 0 Å². The average Bonchev–Trinajstić information content (AvgIpc) is 2.95. The standard InChI is InChI=1S/C30H33ClN4O4.ClH/c1-2-16-34-20-23(19-24(31)21-34)29(37)35(25-9-4-3-5-10-25)17-13-27(36)32-15-18-39-30(38)28-26-11-7-6-8-22(26)12-14-33-28;/h3-11,19-21,28,33H,2,12-18H2,1H3;1H. The number of esters is 1. The van der Waals surface area contributed by atoms with Gasteiger partial charge >= 0.3 is 5.97 Å². The summed E-state index contributed by atoms with van der Waals surface area (Å²) in [5, 5.41) is 6.46. The molecular weight excluding hydrogens is 551 g/mol. The van der Waals surface area contributed by atoms with Gasteiger partial charge in [0.25, 0.3) is 5.91 Å². The number of fused-ring (bicyclic) bond motifs is 1. The van der Waals surface area contributed by atoms with Gasteiger partial charge < -0.3 is 32.7 Å². The molecule has 0 bridgehead atoms. The minimum absolute atomic E-state index is 0. The van der Waals surface area contributed by atoms with Crippen molar-refractivity contribution >= 4 is 35.1 Å². The number of rotatable bonds is 11. The zero-order valence-electron chi connectivity index (χ0n) is 22.4. The number of carbonyl (C=O) groups is 3. The Balaban J connectivity index is 0.00000441. The van der Waals surface area contributed by atoms with Crippen LogP contribution in [0.1, 0.15) is 47.3 Å². The molecule has 0 fully saturated rings. The predicted molar refractivity (Wildman–Crippen MR) is 150 cm³/mol. The van der Waals surface area contributed by atoms with E-state index in [0.29, 0.717) is 22.8 Å². The van der Waals surface area contributed by atoms with Crippen LogP contribution in [0.4, 0.5) is 5.69 Å². The Bertz CT molecular complexity index is 1310. The van der Waals surface area contributed by atoms with Crippen LogP contribution in [0, 0.1) is 0 Å². The number of anilines is 1. The number of carbonyl (C=O) groups excluding carboxylic acids is 3. The van der Waals surface area contributed by atoms with Gasteiger partial charge in [-0.3, -0.25) is 9.59 Å². The summed E-state index contributed by atoms with van der Waals surface area (Å²) in [7, 11) is 0. The number of benzene rings is 2. The first-order chi connectivity index (χ1) is 19.0. The van der Waals surface area contributed by atoms with Gasteiger partial charge in [-0.25, -0.2) is 9.36 Å². The fraction of sp³-hybridized carbons (Fsp3) is 0.333. The highest BCUT2D eigenvalue weighted by Crippen LogP contribution is 2.23. The van der Waals surface area contributed by atoms with E-state index in [2.05, 4.69) is 17.6 Å². The quantitative estimate of drug-likeness (QED) is 0.196. The summed E-state index contributed by atoms with van der Waals surface area (Å²) in [5.41, 5.74) is 3.21. The first-order valence-electron chi connectivity index (χ1n) is 13.3. The minimum Gasteiger partial charge on any atom is -1.00 e. The molecule has 212 valence electrons. The van der Waals surface area contributed by atoms with Crippen molar-refractivity contribution in [3.8, 4) is 0 Å². The Kier molecular flexibility index (Phi) is 11.9. The van der Waals surface area contributed by atoms with Crippen molar-refractivity contribution in [2.45, 2.75) is 38.8 Å². The van der Waals surface area contributed by atoms with Crippen molar-refractivity contribution in [1.82, 2.24) is 10.6 Å². The highest BCUT2D eigenvalue weighted by molar-refractivity contribution is 6.30. The second-order valence-electron chi connectivity index (χ2n) is 9.38. The summed E-state index contributed by atoms with van der Waals surface area (Å²) >= 11 is 6.28. The summed E-state index contributed by atoms with van der Waals surface area (Å²) in [4.78, 5) is 40.3. The van der Waals surface area contributed by atoms with E-state index < -0.39 is 6.04 Å². The lowest BCUT2D eigenvalue weighted by molar-refractivity contribution is -0.697. The highest BCUT2D eigenvalue weighted by atomic mass is 35.5. The number of para-hydroxylation sites is 1. The van der Waals surface area contributed by atoms with Crippen LogP contribution in [0.3, 0.4) is 0 Å². The Morgan fingerprint density at radius 2 is 1.85 bits per heavy atom. The Labute approximate surface area is 246 Å². The van der Waals surface area contributed by atoms with Crippen molar-refractivity contribution < 1.29 is 36.1 Å². The summed E-state index contributed by atoms with van der Waals surface area (Å²) < 4.78 is 7.32. The minimum atomic E-state index is -0.501. The van der Waals surface area contributed by atoms with E-state index in [0.717, 1.165) is 30.5 Å². The second-order valence-corrected chi connectivity index (χ2v) is 9.81. The smallest absolute Gasteiger partial charge is 0.327 e. The lowest BCUT2D eigenvalue weighted by Gasteiger charge is -2.25. The van der Waals surface area contributed by atoms with Gasteiger partial charge in [-0.05, 0) is 35.7 Å². The average molecular weight is 586 g/mol. The largest absolute Gasteiger partial charge is 1.00 e. The maximum Gasteiger partial charge on any atom is 0.327 e. The Hall–Kier alpha value is -3.46. The monoisotopic (exact) mass is 584 g/mol. The molecule has 0 radical (unpaired) electrons. The summed E-state index contributed by atoms with van der Waals surface area (Å²) in [6.45, 7) is 3.92. The van der Waals surface area contributed by atoms with Crippen molar-refractivity contribution in [2.75, 3.05) is 31.1 Å². The first-order valence-corrected chi connectivity index (χ1v) is 13.6. The van der Waals surface area contributed by atoms with E-state index in [-0.39, 0.29) is 56.3 Å². The number of aromatic nitrogens is 1. The number of ether oxygens (including phenoxy) is 1. The number of nitrogens with zero attached hydrogens (tertiary/aromatic N) is 2. The molecule has 4 rings (SSSR count). The number of nitrogens with one attached hydrogen (secondary N) is 2. The van der Waals surface area contributed by atoms with Gasteiger partial charge in [0, 0.05) is 31.6 Å². The molecule has 1 atom stereocenters. The zero-order chi connectivity index (χ0) is 27.6. The maximum absolute atomic E-state index is 13.5. The molecule has 2 N–H and O–H groups in total. The molecule has 0 saturated heterocycles. The molecule has 0 saturated carbocycles. The molecule has 40 heavy (non-hydrogen) atoms. The maximum atomic E-state index is 13.5. The van der Waals surface area contributed by atoms with Gasteiger partial charge in [0.05, 0.1) is 6.54 Å². The molecule has 8 nitrogen and oxygen atoms in total. The topological polar surface area (TPSA) is 91.6 Å². The summed E-state index contributed by atoms with van der Waals surface area (Å²) in [5.74, 6) is -0.845. The molecule has 0 spiro atoms. The fourth-order valence-electron chi connectivity index (χ4n) is 4.66. The van der Waals surface area contributed by atoms with Crippen LogP contribution < -0.4 is 32.5 Å². The predicted octanol–water partition coefficient (Wildman–Crippen LogP) is 0.625. The SMILES string of the molecule is CCC[n+]1cc(Cl)cc(C(=O)N(CCC(=O)NCCOC(=O)C2NCCc3ccccc32)c2ccccc2)c1.[Cl-]. The van der Waals surface area contributed by atoms with Crippen LogP contribution in [-0.2, 0) is 27.3 Å². The molecule has 3 aromatic rings. The van der Waals surface area contributed by atoms with Crippen LogP contribution in [-0.4, -0.2) is 44.0 Å². The number of halogens is 2. The summed E-state index contributed by atoms with van der Waals surface area (Å²) in [6, 6.07) is 18.2. The molecule has 1 unspecified atom stereocenters. The Morgan fingerprint density at radius 1 is 1.10 bits per heavy atom. The molecule has 1 aliphatic heterocycles. The van der Waals surface area contributed by atoms with Crippen molar-refractivity contribution in [2.24, 2.45) is 0 Å². The zero-order valence-corrected chi connectivity index (χ0v) is 24.0. The lowest BCUT2D eigenvalue weighted by atomic mass is 9.94. The van der Waals surface area contributed by atoms with Crippen molar-refractivity contribution in [1.29, 1.82) is 0 Å². The molecule has 10 heteroatoms. The van der Waals surface area contributed by atoms with Crippen molar-refractivity contribution in [3.63, 3.8) is 0 Å². The van der Waals surface area contributed by atoms with E-state index in [4.69, 9.17) is 16.3 Å². The lowest BCUT2D eigenvalue weighted by Crippen LogP contribution is -3.00. The second kappa shape index (κ2) is 15.4. The van der Waals surface area contributed by atoms with Gasteiger partial charge in [-0.2, -0.15) is 0 Å². The number of amides is 2. The molecule has 2 heterocycles. The number of aryl methyl sites for hydroxylation is 1. The Morgan fingerprint density at radius 3 is 2.62 bits per heavy atom. The third kappa shape index (κ3) is 8.27. The summed E-state index contributed by atoms with van der Waals surface area (Å²) in [6.07, 6.45) is 5.43. The highest BCUT2D eigenvalue weighted by Gasteiger charge is 2.27. The van der Waals surface area contributed by atoms with Gasteiger partial charge in [0.15, 0.2) is 12.4 Å². The van der Waals surface area contributed by atoms with E-state index in [9.17, 15) is 14.4 Å². The third-order valence-electron chi connectivity index (χ3n) is 6.50. The number of hydrogen-bond donors (Lipinski definition) is 2. The van der Waals surface area contributed by atoms with Crippen LogP contribution in [0.5, 0.6) is 0 Å². The van der Waals surface area contributed by atoms with Gasteiger partial charge in [0.1, 0.15) is 29.8 Å². The van der Waals surface area contributed by atoms with Gasteiger partial charge in [-0.15, -0.1) is 0 Å². The molecule has 0 aliphatic carbocycles. The third-order valence-corrected chi connectivity index (χ3v) is 6.71. The molecule has 1 aliphatic rings. The van der Waals surface area contributed by atoms with E-state index in [1.54, 1.807) is 23.4 Å². The molecule has 2 aromatic carbocycles. The number of hydrogen-bond acceptors (Lipinski definition) is 5. The van der Waals surface area contributed by atoms with Crippen LogP contribution in [0.15, 0.2) is 73.1 Å². The fourth-order valence-corrected chi connectivity index (χ4v) is 4.90.